The molecule has 0 spiro atoms. The van der Waals surface area contributed by atoms with E-state index in [1.807, 2.05) is 0 Å². The Balaban J connectivity index is -0.0000000910. The van der Waals surface area contributed by atoms with Gasteiger partial charge >= 0.3 is 26.0 Å². The number of hydrogen-bond donors (Lipinski definition) is 3. The second-order valence-electron chi connectivity index (χ2n) is 0.716. The molecule has 0 unspecified atom stereocenters. The Bertz CT molecular complexity index is 82.8. The van der Waals surface area contributed by atoms with Gasteiger partial charge in [0, 0.05) is 0 Å². The van der Waals surface area contributed by atoms with Crippen LogP contribution >= 0.6 is 16.4 Å². The molecule has 10 heteroatoms. The Hall–Kier alpha value is 0.952. The predicted octanol–water partition coefficient (Wildman–Crippen LogP) is -4.02. The van der Waals surface area contributed by atoms with E-state index in [1.54, 1.807) is 0 Å². The van der Waals surface area contributed by atoms with E-state index in [0.29, 0.717) is 0 Å². The molecule has 0 aliphatic heterocycles. The van der Waals surface area contributed by atoms with Crippen LogP contribution in [0.5, 0.6) is 0 Å². The third kappa shape index (κ3) is 624. The van der Waals surface area contributed by atoms with Crippen LogP contribution in [0.4, 0.5) is 0 Å². The average Bonchev–Trinajstić information content (AvgIpc) is 1.19. The normalized spacial score (nSPS) is 9.50. The summed E-state index contributed by atoms with van der Waals surface area (Å²) in [6, 6.07) is 0. The third-order valence-corrected chi connectivity index (χ3v) is 0. The fourth-order valence-corrected chi connectivity index (χ4v) is 0. The molecule has 58 valence electrons. The molecule has 0 heterocycles. The number of phosphoric acid groups is 1. The smallest absolute Gasteiger partial charge is 0.822 e. The second kappa shape index (κ2) is 8.05. The van der Waals surface area contributed by atoms with Crippen LogP contribution in [0, 0.1) is 0 Å². The van der Waals surface area contributed by atoms with Crippen LogP contribution in [0.2, 0.25) is 0 Å². The van der Waals surface area contributed by atoms with Crippen molar-refractivity contribution in [3.63, 3.8) is 0 Å². The van der Waals surface area contributed by atoms with Gasteiger partial charge < -0.3 is 33.9 Å². The molecule has 0 amide bonds. The van der Waals surface area contributed by atoms with Gasteiger partial charge in [0.2, 0.25) is 0 Å². The van der Waals surface area contributed by atoms with Crippen molar-refractivity contribution >= 4 is 33.8 Å². The van der Waals surface area contributed by atoms with Crippen molar-refractivity contribution < 1.29 is 33.9 Å². The summed E-state index contributed by atoms with van der Waals surface area (Å²) in [6.07, 6.45) is 0. The Morgan fingerprint density at radius 2 is 1.10 bits per heavy atom. The second-order valence-corrected chi connectivity index (χ2v) is 2.15. The van der Waals surface area contributed by atoms with E-state index in [9.17, 15) is 0 Å². The Kier molecular flexibility index (Phi) is 13.8. The largest absolute Gasteiger partial charge is 3.00 e. The van der Waals surface area contributed by atoms with Crippen LogP contribution in [0.25, 0.3) is 0 Å². The molecule has 0 aromatic carbocycles. The van der Waals surface area contributed by atoms with Gasteiger partial charge in [0.25, 0.3) is 0 Å². The molecule has 0 rings (SSSR count). The summed E-state index contributed by atoms with van der Waals surface area (Å²) in [5.74, 6) is 0. The summed E-state index contributed by atoms with van der Waals surface area (Å²) in [5, 5.41) is 0. The minimum absolute atomic E-state index is 0. The van der Waals surface area contributed by atoms with Gasteiger partial charge in [-0.3, -0.25) is 0 Å². The van der Waals surface area contributed by atoms with E-state index in [4.69, 9.17) is 33.9 Å². The van der Waals surface area contributed by atoms with Gasteiger partial charge in [0.15, 0.2) is 0 Å². The zero-order valence-electron chi connectivity index (χ0n) is 4.45. The van der Waals surface area contributed by atoms with Crippen molar-refractivity contribution in [2.24, 2.45) is 0 Å². The Morgan fingerprint density at radius 3 is 1.10 bits per heavy atom. The topological polar surface area (TPSA) is 147 Å². The van der Waals surface area contributed by atoms with Crippen LogP contribution < -0.4 is 14.7 Å². The fourth-order valence-electron chi connectivity index (χ4n) is 0. The minimum atomic E-state index is -5.39. The molecule has 0 saturated heterocycles. The van der Waals surface area contributed by atoms with E-state index in [0.717, 1.165) is 0 Å². The van der Waals surface area contributed by atoms with Gasteiger partial charge in [-0.1, -0.05) is 0 Å². The van der Waals surface area contributed by atoms with Crippen molar-refractivity contribution in [2.75, 3.05) is 0 Å². The van der Waals surface area contributed by atoms with E-state index < -0.39 is 16.4 Å². The van der Waals surface area contributed by atoms with Gasteiger partial charge in [0.05, 0.1) is 0 Å². The molecule has 0 aliphatic rings. The quantitative estimate of drug-likeness (QED) is 0.269. The molecule has 0 saturated carbocycles. The van der Waals surface area contributed by atoms with Crippen molar-refractivity contribution in [1.82, 2.24) is 0 Å². The van der Waals surface area contributed by atoms with Crippen molar-refractivity contribution in [1.29, 1.82) is 0 Å². The molecule has 0 bridgehead atoms. The summed E-state index contributed by atoms with van der Waals surface area (Å²) in [6.45, 7) is 0. The summed E-state index contributed by atoms with van der Waals surface area (Å²) >= 11 is 0. The molecule has 0 atom stereocenters. The molecular weight excluding hydrogens is 201 g/mol. The molecule has 10 heavy (non-hydrogen) atoms. The van der Waals surface area contributed by atoms with E-state index >= 15 is 0 Å². The monoisotopic (exact) mass is 204 g/mol. The van der Waals surface area contributed by atoms with E-state index in [-0.39, 0.29) is 17.4 Å². The SMILES string of the molecule is O=P([O-])([O-])[O-].OP(O)O.[Al+3]. The molecule has 0 radical (unpaired) electrons. The van der Waals surface area contributed by atoms with Crippen LogP contribution in [-0.4, -0.2) is 32.0 Å². The van der Waals surface area contributed by atoms with Gasteiger partial charge in [0.1, 0.15) is 0 Å². The van der Waals surface area contributed by atoms with E-state index in [1.165, 1.54) is 0 Å². The first-order valence-electron chi connectivity index (χ1n) is 1.33. The van der Waals surface area contributed by atoms with Crippen LogP contribution in [-0.2, 0) is 4.57 Å². The number of rotatable bonds is 0. The molecular formula is H3AlO7P2. The Morgan fingerprint density at radius 1 is 1.10 bits per heavy atom. The zero-order chi connectivity index (χ0) is 8.08. The fraction of sp³-hybridized carbons (Fsp3) is 0. The minimum Gasteiger partial charge on any atom is -0.822 e. The van der Waals surface area contributed by atoms with Crippen LogP contribution in [0.3, 0.4) is 0 Å². The molecule has 0 aromatic heterocycles. The Labute approximate surface area is 68.3 Å². The molecule has 0 aromatic rings. The van der Waals surface area contributed by atoms with Gasteiger partial charge in [-0.15, -0.1) is 0 Å². The molecule has 0 fully saturated rings. The van der Waals surface area contributed by atoms with Crippen LogP contribution in [0.1, 0.15) is 0 Å². The summed E-state index contributed by atoms with van der Waals surface area (Å²) in [7, 11) is -8.01. The first kappa shape index (κ1) is 17.2. The first-order chi connectivity index (χ1) is 3.73. The average molecular weight is 204 g/mol. The van der Waals surface area contributed by atoms with E-state index in [2.05, 4.69) is 0 Å². The zero-order valence-corrected chi connectivity index (χ0v) is 7.39. The summed E-state index contributed by atoms with van der Waals surface area (Å²) in [5.41, 5.74) is 0. The first-order valence-corrected chi connectivity index (χ1v) is 3.99. The maximum Gasteiger partial charge on any atom is 3.00 e. The van der Waals surface area contributed by atoms with Crippen LogP contribution in [0.15, 0.2) is 0 Å². The van der Waals surface area contributed by atoms with Gasteiger partial charge in [-0.05, 0) is 0 Å². The van der Waals surface area contributed by atoms with Crippen molar-refractivity contribution in [2.45, 2.75) is 0 Å². The number of hydrogen-bond acceptors (Lipinski definition) is 7. The standard InChI is InChI=1S/Al.H3O4P.H3O3P/c;1-5(2,3)4;1-4(2)3/h;(H3,1,2,3,4);1-3H/q+3;;/p-3. The van der Waals surface area contributed by atoms with Gasteiger partial charge in [-0.25, -0.2) is 0 Å². The summed E-state index contributed by atoms with van der Waals surface area (Å²) < 4.78 is 8.55. The van der Waals surface area contributed by atoms with Crippen molar-refractivity contribution in [3.05, 3.63) is 0 Å². The molecule has 0 aliphatic carbocycles. The van der Waals surface area contributed by atoms with Crippen molar-refractivity contribution in [3.8, 4) is 0 Å². The maximum absolute atomic E-state index is 8.55. The molecule has 7 nitrogen and oxygen atoms in total. The maximum atomic E-state index is 8.55. The summed E-state index contributed by atoms with van der Waals surface area (Å²) in [4.78, 5) is 47.3. The third-order valence-electron chi connectivity index (χ3n) is 0. The molecule has 3 N–H and O–H groups in total. The van der Waals surface area contributed by atoms with Gasteiger partial charge in [-0.2, -0.15) is 7.82 Å². The predicted molar refractivity (Wildman–Crippen MR) is 26.9 cm³/mol.